The van der Waals surface area contributed by atoms with Crippen LogP contribution in [0.4, 0.5) is 5.69 Å². The summed E-state index contributed by atoms with van der Waals surface area (Å²) in [6, 6.07) is 8.76. The summed E-state index contributed by atoms with van der Waals surface area (Å²) in [7, 11) is 0. The maximum absolute atomic E-state index is 12.0. The van der Waals surface area contributed by atoms with Crippen LogP contribution in [-0.4, -0.2) is 37.0 Å². The molecule has 2 N–H and O–H groups in total. The molecule has 1 aromatic carbocycles. The quantitative estimate of drug-likeness (QED) is 0.655. The van der Waals surface area contributed by atoms with Gasteiger partial charge in [0.2, 0.25) is 0 Å². The van der Waals surface area contributed by atoms with E-state index in [1.54, 1.807) is 30.5 Å². The van der Waals surface area contributed by atoms with Crippen LogP contribution in [0.15, 0.2) is 36.0 Å². The van der Waals surface area contributed by atoms with E-state index < -0.39 is 5.91 Å². The number of halogens is 1. The number of nitriles is 1. The maximum atomic E-state index is 12.0. The van der Waals surface area contributed by atoms with Crippen molar-refractivity contribution in [1.82, 2.24) is 10.2 Å². The monoisotopic (exact) mass is 290 g/mol. The van der Waals surface area contributed by atoms with Crippen LogP contribution in [0.5, 0.6) is 0 Å². The smallest absolute Gasteiger partial charge is 0.267 e. The Labute approximate surface area is 122 Å². The first-order valence-electron chi connectivity index (χ1n) is 6.32. The van der Waals surface area contributed by atoms with Gasteiger partial charge in [0.25, 0.3) is 5.91 Å². The number of carbonyl (C=O) groups excluding carboxylic acids is 1. The molecular weight excluding hydrogens is 276 g/mol. The van der Waals surface area contributed by atoms with Crippen LogP contribution in [0.1, 0.15) is 0 Å². The summed E-state index contributed by atoms with van der Waals surface area (Å²) >= 11 is 5.85. The molecule has 0 aliphatic carbocycles. The van der Waals surface area contributed by atoms with Crippen molar-refractivity contribution in [2.75, 3.05) is 31.5 Å². The highest BCUT2D eigenvalue weighted by Crippen LogP contribution is 2.15. The van der Waals surface area contributed by atoms with E-state index in [4.69, 9.17) is 16.9 Å². The van der Waals surface area contributed by atoms with Gasteiger partial charge in [0.1, 0.15) is 11.6 Å². The predicted octanol–water partition coefficient (Wildman–Crippen LogP) is 1.59. The first kappa shape index (κ1) is 14.4. The molecule has 20 heavy (non-hydrogen) atoms. The lowest BCUT2D eigenvalue weighted by atomic mass is 10.2. The third-order valence-electron chi connectivity index (χ3n) is 2.91. The van der Waals surface area contributed by atoms with Crippen molar-refractivity contribution < 1.29 is 4.79 Å². The molecule has 0 spiro atoms. The Morgan fingerprint density at radius 2 is 2.20 bits per heavy atom. The number of anilines is 1. The molecule has 1 heterocycles. The van der Waals surface area contributed by atoms with Gasteiger partial charge in [0.15, 0.2) is 0 Å². The molecule has 1 saturated heterocycles. The van der Waals surface area contributed by atoms with Gasteiger partial charge in [0.05, 0.1) is 0 Å². The summed E-state index contributed by atoms with van der Waals surface area (Å²) in [5.41, 5.74) is 0.663. The lowest BCUT2D eigenvalue weighted by Crippen LogP contribution is -2.41. The molecule has 6 heteroatoms. The van der Waals surface area contributed by atoms with Gasteiger partial charge in [-0.25, -0.2) is 0 Å². The lowest BCUT2D eigenvalue weighted by Gasteiger charge is -2.26. The number of piperazine rings is 1. The predicted molar refractivity (Wildman–Crippen MR) is 78.2 cm³/mol. The molecule has 0 bridgehead atoms. The van der Waals surface area contributed by atoms with Crippen molar-refractivity contribution in [2.24, 2.45) is 0 Å². The Kier molecular flexibility index (Phi) is 4.99. The van der Waals surface area contributed by atoms with Crippen LogP contribution in [0, 0.1) is 11.3 Å². The fraction of sp³-hybridized carbons (Fsp3) is 0.286. The third kappa shape index (κ3) is 3.98. The average molecular weight is 291 g/mol. The summed E-state index contributed by atoms with van der Waals surface area (Å²) in [5.74, 6) is -0.423. The van der Waals surface area contributed by atoms with Crippen LogP contribution in [0.3, 0.4) is 0 Å². The first-order valence-corrected chi connectivity index (χ1v) is 6.70. The average Bonchev–Trinajstić information content (AvgIpc) is 2.45. The zero-order chi connectivity index (χ0) is 14.4. The van der Waals surface area contributed by atoms with Crippen LogP contribution in [-0.2, 0) is 4.79 Å². The van der Waals surface area contributed by atoms with Crippen molar-refractivity contribution in [2.45, 2.75) is 0 Å². The molecular formula is C14H15ClN4O. The minimum atomic E-state index is -0.423. The standard InChI is InChI=1S/C14H15ClN4O/c15-12-2-1-3-13(8-12)18-14(20)11(9-16)10-19-6-4-17-5-7-19/h1-3,8,10,17H,4-7H2,(H,18,20)/b11-10-. The molecule has 1 aromatic rings. The summed E-state index contributed by atoms with van der Waals surface area (Å²) in [5, 5.41) is 15.5. The molecule has 1 fully saturated rings. The van der Waals surface area contributed by atoms with Gasteiger partial charge < -0.3 is 15.5 Å². The van der Waals surface area contributed by atoms with Crippen molar-refractivity contribution >= 4 is 23.2 Å². The molecule has 5 nitrogen and oxygen atoms in total. The minimum absolute atomic E-state index is 0.0897. The van der Waals surface area contributed by atoms with Gasteiger partial charge in [-0.05, 0) is 18.2 Å². The van der Waals surface area contributed by atoms with E-state index in [1.807, 2.05) is 11.0 Å². The normalized spacial score (nSPS) is 15.6. The number of benzene rings is 1. The summed E-state index contributed by atoms with van der Waals surface area (Å²) in [6.45, 7) is 3.28. The van der Waals surface area contributed by atoms with Crippen molar-refractivity contribution in [3.63, 3.8) is 0 Å². The largest absolute Gasteiger partial charge is 0.374 e. The van der Waals surface area contributed by atoms with Gasteiger partial charge >= 0.3 is 0 Å². The highest BCUT2D eigenvalue weighted by atomic mass is 35.5. The van der Waals surface area contributed by atoms with Crippen LogP contribution < -0.4 is 10.6 Å². The second kappa shape index (κ2) is 6.94. The summed E-state index contributed by atoms with van der Waals surface area (Å²) < 4.78 is 0. The lowest BCUT2D eigenvalue weighted by molar-refractivity contribution is -0.112. The van der Waals surface area contributed by atoms with Gasteiger partial charge in [0, 0.05) is 43.1 Å². The molecule has 104 valence electrons. The second-order valence-corrected chi connectivity index (χ2v) is 4.84. The Morgan fingerprint density at radius 3 is 2.85 bits per heavy atom. The number of amides is 1. The van der Waals surface area contributed by atoms with E-state index in [-0.39, 0.29) is 5.57 Å². The van der Waals surface area contributed by atoms with Crippen molar-refractivity contribution in [1.29, 1.82) is 5.26 Å². The van der Waals surface area contributed by atoms with Crippen molar-refractivity contribution in [3.8, 4) is 6.07 Å². The molecule has 0 unspecified atom stereocenters. The van der Waals surface area contributed by atoms with Gasteiger partial charge in [-0.2, -0.15) is 5.26 Å². The fourth-order valence-electron chi connectivity index (χ4n) is 1.90. The highest BCUT2D eigenvalue weighted by Gasteiger charge is 2.13. The van der Waals surface area contributed by atoms with E-state index in [1.165, 1.54) is 0 Å². The zero-order valence-electron chi connectivity index (χ0n) is 10.9. The number of hydrogen-bond donors (Lipinski definition) is 2. The number of rotatable bonds is 3. The first-order chi connectivity index (χ1) is 9.69. The minimum Gasteiger partial charge on any atom is -0.374 e. The number of nitrogens with one attached hydrogen (secondary N) is 2. The topological polar surface area (TPSA) is 68.2 Å². The maximum Gasteiger partial charge on any atom is 0.267 e. The van der Waals surface area contributed by atoms with Gasteiger partial charge in [-0.15, -0.1) is 0 Å². The van der Waals surface area contributed by atoms with E-state index >= 15 is 0 Å². The Balaban J connectivity index is 2.05. The van der Waals surface area contributed by atoms with E-state index in [2.05, 4.69) is 10.6 Å². The number of hydrogen-bond acceptors (Lipinski definition) is 4. The molecule has 0 atom stereocenters. The van der Waals surface area contributed by atoms with Crippen LogP contribution in [0.25, 0.3) is 0 Å². The van der Waals surface area contributed by atoms with E-state index in [0.29, 0.717) is 10.7 Å². The molecule has 0 radical (unpaired) electrons. The van der Waals surface area contributed by atoms with Crippen LogP contribution in [0.2, 0.25) is 5.02 Å². The molecule has 1 amide bonds. The van der Waals surface area contributed by atoms with Crippen molar-refractivity contribution in [3.05, 3.63) is 41.1 Å². The second-order valence-electron chi connectivity index (χ2n) is 4.41. The molecule has 0 aromatic heterocycles. The van der Waals surface area contributed by atoms with E-state index in [0.717, 1.165) is 26.2 Å². The van der Waals surface area contributed by atoms with E-state index in [9.17, 15) is 4.79 Å². The molecule has 0 saturated carbocycles. The Bertz CT molecular complexity index is 559. The van der Waals surface area contributed by atoms with Gasteiger partial charge in [-0.1, -0.05) is 17.7 Å². The fourth-order valence-corrected chi connectivity index (χ4v) is 2.09. The molecule has 1 aliphatic rings. The Hall–Kier alpha value is -2.03. The number of nitrogens with zero attached hydrogens (tertiary/aromatic N) is 2. The highest BCUT2D eigenvalue weighted by molar-refractivity contribution is 6.31. The third-order valence-corrected chi connectivity index (χ3v) is 3.15. The van der Waals surface area contributed by atoms with Gasteiger partial charge in [-0.3, -0.25) is 4.79 Å². The summed E-state index contributed by atoms with van der Waals surface area (Å²) in [4.78, 5) is 14.0. The summed E-state index contributed by atoms with van der Waals surface area (Å²) in [6.07, 6.45) is 1.61. The molecule has 2 rings (SSSR count). The SMILES string of the molecule is N#C/C(=C/N1CCNCC1)C(=O)Nc1cccc(Cl)c1. The number of carbonyl (C=O) groups is 1. The van der Waals surface area contributed by atoms with Crippen LogP contribution >= 0.6 is 11.6 Å². The zero-order valence-corrected chi connectivity index (χ0v) is 11.7. The Morgan fingerprint density at radius 1 is 1.45 bits per heavy atom. The molecule has 1 aliphatic heterocycles.